The molecule has 3 N–H and O–H groups in total. The van der Waals surface area contributed by atoms with Crippen LogP contribution < -0.4 is 16.2 Å². The van der Waals surface area contributed by atoms with Gasteiger partial charge in [0.2, 0.25) is 0 Å². The molecule has 0 atom stereocenters. The lowest BCUT2D eigenvalue weighted by molar-refractivity contribution is 0.585. The summed E-state index contributed by atoms with van der Waals surface area (Å²) >= 11 is 0. The average Bonchev–Trinajstić information content (AvgIpc) is 3.23. The molecule has 5 nitrogen and oxygen atoms in total. The number of hydrogen-bond donors (Lipinski definition) is 2. The van der Waals surface area contributed by atoms with Crippen molar-refractivity contribution in [2.45, 2.75) is 51.5 Å². The molecule has 0 spiro atoms. The highest BCUT2D eigenvalue weighted by Crippen LogP contribution is 2.39. The van der Waals surface area contributed by atoms with E-state index >= 15 is 0 Å². The van der Waals surface area contributed by atoms with E-state index in [2.05, 4.69) is 41.2 Å². The van der Waals surface area contributed by atoms with E-state index in [0.717, 1.165) is 24.5 Å². The molecule has 1 fully saturated rings. The van der Waals surface area contributed by atoms with Gasteiger partial charge in [-0.05, 0) is 25.7 Å². The monoisotopic (exact) mass is 249 g/mol. The van der Waals surface area contributed by atoms with Crippen LogP contribution in [0, 0.1) is 0 Å². The van der Waals surface area contributed by atoms with Gasteiger partial charge in [-0.3, -0.25) is 0 Å². The van der Waals surface area contributed by atoms with Crippen LogP contribution in [0.5, 0.6) is 0 Å². The fraction of sp³-hybridized carbons (Fsp3) is 0.692. The van der Waals surface area contributed by atoms with Gasteiger partial charge in [0.05, 0.1) is 0 Å². The minimum atomic E-state index is 0.512. The topological polar surface area (TPSA) is 67.1 Å². The van der Waals surface area contributed by atoms with E-state index < -0.39 is 0 Å². The van der Waals surface area contributed by atoms with Crippen LogP contribution in [0.1, 0.15) is 51.3 Å². The number of hydrazine groups is 1. The minimum absolute atomic E-state index is 0.512. The third kappa shape index (κ3) is 2.72. The summed E-state index contributed by atoms with van der Waals surface area (Å²) in [6.07, 6.45) is 4.62. The molecule has 100 valence electrons. The van der Waals surface area contributed by atoms with Crippen LogP contribution in [0.15, 0.2) is 6.07 Å². The maximum Gasteiger partial charge on any atom is 0.145 e. The van der Waals surface area contributed by atoms with E-state index in [1.807, 2.05) is 6.07 Å². The molecule has 18 heavy (non-hydrogen) atoms. The summed E-state index contributed by atoms with van der Waals surface area (Å²) in [4.78, 5) is 11.3. The van der Waals surface area contributed by atoms with Crippen molar-refractivity contribution in [3.05, 3.63) is 11.9 Å². The minimum Gasteiger partial charge on any atom is -0.357 e. The zero-order valence-electron chi connectivity index (χ0n) is 11.5. The van der Waals surface area contributed by atoms with Gasteiger partial charge in [0, 0.05) is 25.1 Å². The Bertz CT molecular complexity index is 398. The summed E-state index contributed by atoms with van der Waals surface area (Å²) in [5.74, 6) is 8.63. The molecule has 1 aromatic heterocycles. The fourth-order valence-corrected chi connectivity index (χ4v) is 2.25. The number of anilines is 2. The molecule has 5 heteroatoms. The third-order valence-electron chi connectivity index (χ3n) is 3.67. The number of nitrogens with zero attached hydrogens (tertiary/aromatic N) is 3. The van der Waals surface area contributed by atoms with E-state index in [1.54, 1.807) is 0 Å². The van der Waals surface area contributed by atoms with Crippen molar-refractivity contribution >= 4 is 11.6 Å². The highest BCUT2D eigenvalue weighted by Gasteiger charge is 2.28. The van der Waals surface area contributed by atoms with Gasteiger partial charge in [-0.2, -0.15) is 0 Å². The Morgan fingerprint density at radius 1 is 1.39 bits per heavy atom. The van der Waals surface area contributed by atoms with Gasteiger partial charge in [0.1, 0.15) is 17.5 Å². The predicted octanol–water partition coefficient (Wildman–Crippen LogP) is 2.26. The molecule has 2 rings (SSSR count). The summed E-state index contributed by atoms with van der Waals surface area (Å²) < 4.78 is 0. The molecule has 0 amide bonds. The number of nitrogens with one attached hydrogen (secondary N) is 1. The molecule has 0 aliphatic heterocycles. The Balaban J connectivity index is 2.27. The lowest BCUT2D eigenvalue weighted by atomic mass is 10.1. The van der Waals surface area contributed by atoms with Crippen LogP contribution in [-0.2, 0) is 0 Å². The number of hydrogen-bond acceptors (Lipinski definition) is 5. The van der Waals surface area contributed by atoms with Gasteiger partial charge in [0.15, 0.2) is 0 Å². The SMILES string of the molecule is CCC(CC)N(C)c1cc(NN)nc(C2CC2)n1. The van der Waals surface area contributed by atoms with Crippen molar-refractivity contribution in [3.63, 3.8) is 0 Å². The molecule has 0 radical (unpaired) electrons. The molecule has 1 saturated carbocycles. The Hall–Kier alpha value is -1.36. The fourth-order valence-electron chi connectivity index (χ4n) is 2.25. The Kier molecular flexibility index (Phi) is 4.01. The van der Waals surface area contributed by atoms with E-state index in [-0.39, 0.29) is 0 Å². The van der Waals surface area contributed by atoms with Gasteiger partial charge in [-0.15, -0.1) is 0 Å². The normalized spacial score (nSPS) is 14.9. The Morgan fingerprint density at radius 3 is 2.56 bits per heavy atom. The second kappa shape index (κ2) is 5.52. The van der Waals surface area contributed by atoms with Crippen LogP contribution in [0.25, 0.3) is 0 Å². The van der Waals surface area contributed by atoms with Gasteiger partial charge >= 0.3 is 0 Å². The third-order valence-corrected chi connectivity index (χ3v) is 3.67. The number of rotatable bonds is 6. The van der Waals surface area contributed by atoms with Crippen LogP contribution in [-0.4, -0.2) is 23.1 Å². The van der Waals surface area contributed by atoms with Crippen molar-refractivity contribution in [2.75, 3.05) is 17.4 Å². The summed E-state index contributed by atoms with van der Waals surface area (Å²) in [6.45, 7) is 4.41. The van der Waals surface area contributed by atoms with Gasteiger partial charge in [-0.25, -0.2) is 15.8 Å². The second-order valence-corrected chi connectivity index (χ2v) is 4.97. The Morgan fingerprint density at radius 2 is 2.06 bits per heavy atom. The molecule has 0 saturated heterocycles. The summed E-state index contributed by atoms with van der Waals surface area (Å²) in [6, 6.07) is 2.43. The van der Waals surface area contributed by atoms with Gasteiger partial charge in [0.25, 0.3) is 0 Å². The van der Waals surface area contributed by atoms with E-state index in [0.29, 0.717) is 17.8 Å². The van der Waals surface area contributed by atoms with E-state index in [4.69, 9.17) is 5.84 Å². The first-order valence-corrected chi connectivity index (χ1v) is 6.78. The highest BCUT2D eigenvalue weighted by atomic mass is 15.3. The summed E-state index contributed by atoms with van der Waals surface area (Å²) in [7, 11) is 2.09. The lowest BCUT2D eigenvalue weighted by Crippen LogP contribution is -2.31. The molecule has 1 aromatic rings. The zero-order valence-corrected chi connectivity index (χ0v) is 11.5. The molecule has 1 aliphatic carbocycles. The largest absolute Gasteiger partial charge is 0.357 e. The molecule has 1 heterocycles. The van der Waals surface area contributed by atoms with Crippen molar-refractivity contribution in [1.29, 1.82) is 0 Å². The van der Waals surface area contributed by atoms with Gasteiger partial charge < -0.3 is 10.3 Å². The average molecular weight is 249 g/mol. The maximum absolute atomic E-state index is 5.49. The van der Waals surface area contributed by atoms with Crippen LogP contribution >= 0.6 is 0 Å². The zero-order chi connectivity index (χ0) is 13.1. The number of aromatic nitrogens is 2. The maximum atomic E-state index is 5.49. The predicted molar refractivity (Wildman–Crippen MR) is 74.6 cm³/mol. The standard InChI is InChI=1S/C13H23N5/c1-4-10(5-2)18(3)12-8-11(17-14)15-13(16-12)9-6-7-9/h8-10H,4-7,14H2,1-3H3,(H,15,16,17). The van der Waals surface area contributed by atoms with Crippen molar-refractivity contribution in [3.8, 4) is 0 Å². The van der Waals surface area contributed by atoms with Crippen molar-refractivity contribution in [2.24, 2.45) is 5.84 Å². The molecule has 1 aliphatic rings. The first-order chi connectivity index (χ1) is 8.69. The van der Waals surface area contributed by atoms with Crippen LogP contribution in [0.3, 0.4) is 0 Å². The van der Waals surface area contributed by atoms with E-state index in [1.165, 1.54) is 12.8 Å². The highest BCUT2D eigenvalue weighted by molar-refractivity contribution is 5.49. The lowest BCUT2D eigenvalue weighted by Gasteiger charge is -2.27. The van der Waals surface area contributed by atoms with Crippen molar-refractivity contribution < 1.29 is 0 Å². The smallest absolute Gasteiger partial charge is 0.145 e. The Labute approximate surface area is 109 Å². The van der Waals surface area contributed by atoms with Crippen molar-refractivity contribution in [1.82, 2.24) is 9.97 Å². The molecule has 0 bridgehead atoms. The number of nitrogen functional groups attached to an aromatic ring is 1. The van der Waals surface area contributed by atoms with Crippen LogP contribution in [0.2, 0.25) is 0 Å². The van der Waals surface area contributed by atoms with Gasteiger partial charge in [-0.1, -0.05) is 13.8 Å². The first kappa shape index (κ1) is 13.1. The van der Waals surface area contributed by atoms with Crippen LogP contribution in [0.4, 0.5) is 11.6 Å². The summed E-state index contributed by atoms with van der Waals surface area (Å²) in [5.41, 5.74) is 2.64. The number of nitrogens with two attached hydrogens (primary N) is 1. The molecule has 0 aromatic carbocycles. The molecular weight excluding hydrogens is 226 g/mol. The first-order valence-electron chi connectivity index (χ1n) is 6.78. The summed E-state index contributed by atoms with van der Waals surface area (Å²) in [5, 5.41) is 0. The van der Waals surface area contributed by atoms with E-state index in [9.17, 15) is 0 Å². The second-order valence-electron chi connectivity index (χ2n) is 4.97. The quantitative estimate of drug-likeness (QED) is 0.598. The molecular formula is C13H23N5. The molecule has 0 unspecified atom stereocenters.